The van der Waals surface area contributed by atoms with Gasteiger partial charge in [0, 0.05) is 12.2 Å². The summed E-state index contributed by atoms with van der Waals surface area (Å²) < 4.78 is 51.0. The Morgan fingerprint density at radius 1 is 1.42 bits per heavy atom. The number of benzene rings is 1. The average molecular weight is 279 g/mol. The minimum absolute atomic E-state index is 0.192. The molecule has 0 saturated carbocycles. The lowest BCUT2D eigenvalue weighted by atomic mass is 10.1. The first-order chi connectivity index (χ1) is 8.74. The highest BCUT2D eigenvalue weighted by molar-refractivity contribution is 5.83. The molecular weight excluding hydrogens is 266 g/mol. The molecule has 1 rings (SSSR count). The van der Waals surface area contributed by atoms with Crippen molar-refractivity contribution in [2.24, 2.45) is 16.8 Å². The maximum atomic E-state index is 13.1. The highest BCUT2D eigenvalue weighted by Gasteiger charge is 2.42. The summed E-state index contributed by atoms with van der Waals surface area (Å²) in [7, 11) is 0. The van der Waals surface area contributed by atoms with Crippen molar-refractivity contribution in [2.45, 2.75) is 13.1 Å². The van der Waals surface area contributed by atoms with Crippen molar-refractivity contribution in [3.63, 3.8) is 0 Å². The van der Waals surface area contributed by atoms with E-state index in [1.165, 1.54) is 12.1 Å². The molecule has 0 heterocycles. The van der Waals surface area contributed by atoms with Crippen LogP contribution in [0.1, 0.15) is 5.56 Å². The van der Waals surface area contributed by atoms with E-state index in [1.807, 2.05) is 0 Å². The van der Waals surface area contributed by atoms with Gasteiger partial charge in [-0.05, 0) is 30.7 Å². The average Bonchev–Trinajstić information content (AvgIpc) is 2.25. The summed E-state index contributed by atoms with van der Waals surface area (Å²) >= 11 is 0. The SMILES string of the molecule is Cc1cc(F)cc(NCC(/C(N)=N/O)C(F)(F)F)c1. The number of rotatable bonds is 4. The fraction of sp³-hybridized carbons (Fsp3) is 0.364. The van der Waals surface area contributed by atoms with E-state index in [2.05, 4.69) is 10.5 Å². The third-order valence-electron chi connectivity index (χ3n) is 2.42. The number of oxime groups is 1. The number of hydrogen-bond donors (Lipinski definition) is 3. The first-order valence-electron chi connectivity index (χ1n) is 5.29. The molecule has 0 radical (unpaired) electrons. The predicted octanol–water partition coefficient (Wildman–Crippen LogP) is 2.47. The summed E-state index contributed by atoms with van der Waals surface area (Å²) in [5, 5.41) is 13.1. The number of hydrogen-bond acceptors (Lipinski definition) is 3. The lowest BCUT2D eigenvalue weighted by Gasteiger charge is -2.20. The molecule has 1 unspecified atom stereocenters. The molecule has 0 bridgehead atoms. The third kappa shape index (κ3) is 4.31. The van der Waals surface area contributed by atoms with Crippen molar-refractivity contribution in [1.82, 2.24) is 0 Å². The monoisotopic (exact) mass is 279 g/mol. The van der Waals surface area contributed by atoms with Gasteiger partial charge in [-0.2, -0.15) is 13.2 Å². The van der Waals surface area contributed by atoms with E-state index in [4.69, 9.17) is 10.9 Å². The zero-order chi connectivity index (χ0) is 14.6. The van der Waals surface area contributed by atoms with Crippen LogP contribution in [0.25, 0.3) is 0 Å². The fourth-order valence-electron chi connectivity index (χ4n) is 1.52. The van der Waals surface area contributed by atoms with Crippen molar-refractivity contribution >= 4 is 11.5 Å². The Morgan fingerprint density at radius 3 is 2.53 bits per heavy atom. The van der Waals surface area contributed by atoms with Crippen LogP contribution in [0, 0.1) is 18.7 Å². The van der Waals surface area contributed by atoms with Crippen LogP contribution in [0.15, 0.2) is 23.4 Å². The van der Waals surface area contributed by atoms with Crippen LogP contribution in [-0.4, -0.2) is 23.8 Å². The lowest BCUT2D eigenvalue weighted by molar-refractivity contribution is -0.152. The molecular formula is C11H13F4N3O. The molecule has 0 aliphatic carbocycles. The highest BCUT2D eigenvalue weighted by Crippen LogP contribution is 2.27. The van der Waals surface area contributed by atoms with E-state index in [1.54, 1.807) is 6.92 Å². The second kappa shape index (κ2) is 5.77. The van der Waals surface area contributed by atoms with E-state index >= 15 is 0 Å². The fourth-order valence-corrected chi connectivity index (χ4v) is 1.52. The van der Waals surface area contributed by atoms with Gasteiger partial charge in [-0.25, -0.2) is 4.39 Å². The predicted molar refractivity (Wildman–Crippen MR) is 62.6 cm³/mol. The minimum Gasteiger partial charge on any atom is -0.409 e. The molecule has 0 aliphatic rings. The molecule has 0 aromatic heterocycles. The maximum Gasteiger partial charge on any atom is 0.400 e. The Bertz CT molecular complexity index is 453. The highest BCUT2D eigenvalue weighted by atomic mass is 19.4. The number of anilines is 1. The van der Waals surface area contributed by atoms with Crippen LogP contribution < -0.4 is 11.1 Å². The Morgan fingerprint density at radius 2 is 2.05 bits per heavy atom. The first-order valence-corrected chi connectivity index (χ1v) is 5.29. The molecule has 19 heavy (non-hydrogen) atoms. The molecule has 0 aliphatic heterocycles. The number of nitrogens with two attached hydrogens (primary N) is 1. The summed E-state index contributed by atoms with van der Waals surface area (Å²) in [6, 6.07) is 3.80. The van der Waals surface area contributed by atoms with Gasteiger partial charge >= 0.3 is 6.18 Å². The molecule has 0 fully saturated rings. The number of amidine groups is 1. The second-order valence-electron chi connectivity index (χ2n) is 4.02. The summed E-state index contributed by atoms with van der Waals surface area (Å²) in [5.74, 6) is -3.66. The quantitative estimate of drug-likeness (QED) is 0.261. The van der Waals surface area contributed by atoms with Gasteiger partial charge in [-0.1, -0.05) is 5.16 Å². The number of nitrogens with one attached hydrogen (secondary N) is 1. The second-order valence-corrected chi connectivity index (χ2v) is 4.02. The van der Waals surface area contributed by atoms with Crippen molar-refractivity contribution in [3.05, 3.63) is 29.6 Å². The Labute approximate surface area is 106 Å². The molecule has 1 atom stereocenters. The molecule has 8 heteroatoms. The van der Waals surface area contributed by atoms with Crippen molar-refractivity contribution in [3.8, 4) is 0 Å². The Kier molecular flexibility index (Phi) is 4.57. The Hall–Kier alpha value is -1.99. The van der Waals surface area contributed by atoms with Gasteiger partial charge in [-0.15, -0.1) is 0 Å². The van der Waals surface area contributed by atoms with E-state index in [9.17, 15) is 17.6 Å². The van der Waals surface area contributed by atoms with Crippen LogP contribution in [0.2, 0.25) is 0 Å². The van der Waals surface area contributed by atoms with Crippen molar-refractivity contribution in [1.29, 1.82) is 0 Å². The topological polar surface area (TPSA) is 70.6 Å². The molecule has 0 spiro atoms. The van der Waals surface area contributed by atoms with Crippen LogP contribution in [0.5, 0.6) is 0 Å². The summed E-state index contributed by atoms with van der Waals surface area (Å²) in [6.45, 7) is 0.960. The first kappa shape index (κ1) is 15.1. The van der Waals surface area contributed by atoms with E-state index in [-0.39, 0.29) is 5.69 Å². The van der Waals surface area contributed by atoms with Crippen molar-refractivity contribution in [2.75, 3.05) is 11.9 Å². The number of halogens is 4. The molecule has 4 N–H and O–H groups in total. The van der Waals surface area contributed by atoms with Crippen LogP contribution in [0.4, 0.5) is 23.2 Å². The smallest absolute Gasteiger partial charge is 0.400 e. The van der Waals surface area contributed by atoms with Gasteiger partial charge in [0.25, 0.3) is 0 Å². The number of alkyl halides is 3. The Balaban J connectivity index is 2.82. The largest absolute Gasteiger partial charge is 0.409 e. The molecule has 4 nitrogen and oxygen atoms in total. The zero-order valence-electron chi connectivity index (χ0n) is 10.0. The van der Waals surface area contributed by atoms with E-state index in [0.29, 0.717) is 5.56 Å². The van der Waals surface area contributed by atoms with Crippen LogP contribution in [0.3, 0.4) is 0 Å². The van der Waals surface area contributed by atoms with Crippen LogP contribution >= 0.6 is 0 Å². The van der Waals surface area contributed by atoms with Gasteiger partial charge in [0.2, 0.25) is 0 Å². The van der Waals surface area contributed by atoms with Gasteiger partial charge in [0.1, 0.15) is 11.7 Å². The molecule has 1 aromatic carbocycles. The maximum absolute atomic E-state index is 13.1. The molecule has 1 aromatic rings. The summed E-state index contributed by atoms with van der Waals surface area (Å²) in [5.41, 5.74) is 5.75. The van der Waals surface area contributed by atoms with Crippen molar-refractivity contribution < 1.29 is 22.8 Å². The van der Waals surface area contributed by atoms with E-state index in [0.717, 1.165) is 6.07 Å². The summed E-state index contributed by atoms with van der Waals surface area (Å²) in [6.07, 6.45) is -4.66. The number of nitrogens with zero attached hydrogens (tertiary/aromatic N) is 1. The molecule has 106 valence electrons. The molecule has 0 amide bonds. The number of aryl methyl sites for hydroxylation is 1. The van der Waals surface area contributed by atoms with Crippen LogP contribution in [-0.2, 0) is 0 Å². The minimum atomic E-state index is -4.66. The summed E-state index contributed by atoms with van der Waals surface area (Å²) in [4.78, 5) is 0. The molecule has 0 saturated heterocycles. The third-order valence-corrected chi connectivity index (χ3v) is 2.42. The standard InChI is InChI=1S/C11H13F4N3O/c1-6-2-7(12)4-8(3-6)17-5-9(10(16)18-19)11(13,14)15/h2-4,9,17,19H,5H2,1H3,(H2,16,18). The van der Waals surface area contributed by atoms with Gasteiger partial charge < -0.3 is 16.3 Å². The normalized spacial score (nSPS) is 14.3. The lowest BCUT2D eigenvalue weighted by Crippen LogP contribution is -2.40. The zero-order valence-corrected chi connectivity index (χ0v) is 10.0. The van der Waals surface area contributed by atoms with Gasteiger partial charge in [-0.3, -0.25) is 0 Å². The van der Waals surface area contributed by atoms with Gasteiger partial charge in [0.15, 0.2) is 5.84 Å². The van der Waals surface area contributed by atoms with E-state index < -0.39 is 30.3 Å². The van der Waals surface area contributed by atoms with Gasteiger partial charge in [0.05, 0.1) is 0 Å².